The fourth-order valence-corrected chi connectivity index (χ4v) is 2.64. The van der Waals surface area contributed by atoms with E-state index in [4.69, 9.17) is 9.26 Å². The third-order valence-electron chi connectivity index (χ3n) is 3.92. The van der Waals surface area contributed by atoms with E-state index in [0.717, 1.165) is 30.6 Å². The Morgan fingerprint density at radius 2 is 2.09 bits per heavy atom. The number of aryl methyl sites for hydroxylation is 2. The van der Waals surface area contributed by atoms with E-state index in [-0.39, 0.29) is 12.0 Å². The Hall–Kier alpha value is -2.14. The fourth-order valence-electron chi connectivity index (χ4n) is 2.64. The molecule has 5 heteroatoms. The van der Waals surface area contributed by atoms with Crippen molar-refractivity contribution in [3.05, 3.63) is 41.1 Å². The lowest BCUT2D eigenvalue weighted by Crippen LogP contribution is -2.32. The highest BCUT2D eigenvalue weighted by Crippen LogP contribution is 2.26. The molecule has 1 aliphatic heterocycles. The topological polar surface area (TPSA) is 64.4 Å². The average molecular weight is 300 g/mol. The first-order chi connectivity index (χ1) is 10.6. The van der Waals surface area contributed by atoms with Gasteiger partial charge in [-0.2, -0.15) is 0 Å². The predicted molar refractivity (Wildman–Crippen MR) is 82.7 cm³/mol. The van der Waals surface area contributed by atoms with Gasteiger partial charge in [-0.15, -0.1) is 0 Å². The Labute approximate surface area is 129 Å². The van der Waals surface area contributed by atoms with Gasteiger partial charge in [-0.1, -0.05) is 35.0 Å². The molecule has 1 aromatic heterocycles. The predicted octanol–water partition coefficient (Wildman–Crippen LogP) is 2.87. The van der Waals surface area contributed by atoms with Gasteiger partial charge in [0.15, 0.2) is 5.76 Å². The molecule has 1 fully saturated rings. The summed E-state index contributed by atoms with van der Waals surface area (Å²) in [6, 6.07) is 7.85. The molecule has 0 aliphatic carbocycles. The van der Waals surface area contributed by atoms with Crippen molar-refractivity contribution in [3.8, 4) is 11.3 Å². The minimum Gasteiger partial charge on any atom is -0.376 e. The van der Waals surface area contributed by atoms with Crippen molar-refractivity contribution < 1.29 is 14.1 Å². The Morgan fingerprint density at radius 1 is 1.32 bits per heavy atom. The van der Waals surface area contributed by atoms with Gasteiger partial charge < -0.3 is 14.6 Å². The van der Waals surface area contributed by atoms with E-state index in [1.165, 1.54) is 0 Å². The van der Waals surface area contributed by atoms with Gasteiger partial charge in [-0.05, 0) is 26.7 Å². The van der Waals surface area contributed by atoms with Crippen LogP contribution in [-0.4, -0.2) is 30.3 Å². The molecular formula is C17H20N2O3. The van der Waals surface area contributed by atoms with E-state index in [0.29, 0.717) is 23.6 Å². The van der Waals surface area contributed by atoms with Crippen molar-refractivity contribution in [2.75, 3.05) is 13.2 Å². The summed E-state index contributed by atoms with van der Waals surface area (Å²) in [4.78, 5) is 12.5. The number of ether oxygens (including phenoxy) is 1. The lowest BCUT2D eigenvalue weighted by atomic mass is 10.0. The van der Waals surface area contributed by atoms with Gasteiger partial charge in [0.05, 0.1) is 11.8 Å². The fraction of sp³-hybridized carbons (Fsp3) is 0.412. The summed E-state index contributed by atoms with van der Waals surface area (Å²) in [6.07, 6.45) is 2.17. The number of nitrogens with zero attached hydrogens (tertiary/aromatic N) is 1. The summed E-state index contributed by atoms with van der Waals surface area (Å²) >= 11 is 0. The van der Waals surface area contributed by atoms with Crippen molar-refractivity contribution >= 4 is 5.91 Å². The quantitative estimate of drug-likeness (QED) is 0.943. The first kappa shape index (κ1) is 14.8. The average Bonchev–Trinajstić information content (AvgIpc) is 3.15. The highest BCUT2D eigenvalue weighted by molar-refractivity contribution is 6.00. The number of hydrogen-bond acceptors (Lipinski definition) is 4. The monoisotopic (exact) mass is 300 g/mol. The summed E-state index contributed by atoms with van der Waals surface area (Å²) in [5, 5.41) is 6.87. The molecular weight excluding hydrogens is 280 g/mol. The summed E-state index contributed by atoms with van der Waals surface area (Å²) in [5.41, 5.74) is 3.11. The van der Waals surface area contributed by atoms with Crippen LogP contribution in [0.2, 0.25) is 0 Å². The van der Waals surface area contributed by atoms with Gasteiger partial charge in [-0.3, -0.25) is 4.79 Å². The third kappa shape index (κ3) is 3.04. The zero-order valence-corrected chi connectivity index (χ0v) is 12.9. The zero-order valence-electron chi connectivity index (χ0n) is 12.9. The molecule has 1 amide bonds. The lowest BCUT2D eigenvalue weighted by molar-refractivity contribution is 0.0857. The molecule has 0 saturated carbocycles. The number of aromatic nitrogens is 1. The number of carbonyl (C=O) groups is 1. The number of hydrogen-bond donors (Lipinski definition) is 1. The molecule has 3 rings (SSSR count). The molecule has 2 aromatic rings. The van der Waals surface area contributed by atoms with E-state index in [9.17, 15) is 4.79 Å². The van der Waals surface area contributed by atoms with Crippen LogP contribution in [0.4, 0.5) is 0 Å². The highest BCUT2D eigenvalue weighted by Gasteiger charge is 2.23. The van der Waals surface area contributed by atoms with Crippen molar-refractivity contribution in [2.24, 2.45) is 0 Å². The molecule has 1 N–H and O–H groups in total. The second-order valence-electron chi connectivity index (χ2n) is 5.68. The minimum absolute atomic E-state index is 0.118. The summed E-state index contributed by atoms with van der Waals surface area (Å²) in [5.74, 6) is 0.354. The van der Waals surface area contributed by atoms with Crippen molar-refractivity contribution in [1.82, 2.24) is 10.5 Å². The second-order valence-corrected chi connectivity index (χ2v) is 5.68. The Kier molecular flexibility index (Phi) is 4.24. The van der Waals surface area contributed by atoms with Crippen LogP contribution >= 0.6 is 0 Å². The van der Waals surface area contributed by atoms with Crippen LogP contribution in [-0.2, 0) is 4.74 Å². The van der Waals surface area contributed by atoms with Crippen molar-refractivity contribution in [2.45, 2.75) is 32.8 Å². The SMILES string of the molecule is Cc1ccc(-c2onc(C)c2C(=O)NC[C@@H]2CCCO2)cc1. The normalized spacial score (nSPS) is 17.6. The number of rotatable bonds is 4. The molecule has 2 heterocycles. The summed E-state index contributed by atoms with van der Waals surface area (Å²) in [7, 11) is 0. The Balaban J connectivity index is 1.79. The molecule has 22 heavy (non-hydrogen) atoms. The first-order valence-corrected chi connectivity index (χ1v) is 7.58. The van der Waals surface area contributed by atoms with Crippen LogP contribution in [0.15, 0.2) is 28.8 Å². The van der Waals surface area contributed by atoms with Crippen LogP contribution < -0.4 is 5.32 Å². The molecule has 0 unspecified atom stereocenters. The van der Waals surface area contributed by atoms with E-state index in [2.05, 4.69) is 10.5 Å². The Morgan fingerprint density at radius 3 is 2.77 bits per heavy atom. The van der Waals surface area contributed by atoms with E-state index in [1.54, 1.807) is 6.92 Å². The molecule has 0 spiro atoms. The van der Waals surface area contributed by atoms with Gasteiger partial charge in [0.2, 0.25) is 0 Å². The van der Waals surface area contributed by atoms with Crippen LogP contribution in [0, 0.1) is 13.8 Å². The van der Waals surface area contributed by atoms with Crippen LogP contribution in [0.3, 0.4) is 0 Å². The van der Waals surface area contributed by atoms with Crippen LogP contribution in [0.5, 0.6) is 0 Å². The van der Waals surface area contributed by atoms with Crippen LogP contribution in [0.25, 0.3) is 11.3 Å². The zero-order chi connectivity index (χ0) is 15.5. The van der Waals surface area contributed by atoms with Crippen LogP contribution in [0.1, 0.15) is 34.5 Å². The van der Waals surface area contributed by atoms with Gasteiger partial charge in [-0.25, -0.2) is 0 Å². The summed E-state index contributed by atoms with van der Waals surface area (Å²) in [6.45, 7) is 5.10. The number of amides is 1. The molecule has 116 valence electrons. The standard InChI is InChI=1S/C17H20N2O3/c1-11-5-7-13(8-6-11)16-15(12(2)19-22-16)17(20)18-10-14-4-3-9-21-14/h5-8,14H,3-4,9-10H2,1-2H3,(H,18,20)/t14-/m0/s1. The molecule has 1 aliphatic rings. The molecule has 0 radical (unpaired) electrons. The third-order valence-corrected chi connectivity index (χ3v) is 3.92. The van der Waals surface area contributed by atoms with Gasteiger partial charge in [0.25, 0.3) is 5.91 Å². The lowest BCUT2D eigenvalue weighted by Gasteiger charge is -2.10. The molecule has 5 nitrogen and oxygen atoms in total. The summed E-state index contributed by atoms with van der Waals surface area (Å²) < 4.78 is 10.9. The maximum atomic E-state index is 12.5. The largest absolute Gasteiger partial charge is 0.376 e. The van der Waals surface area contributed by atoms with Gasteiger partial charge >= 0.3 is 0 Å². The van der Waals surface area contributed by atoms with E-state index in [1.807, 2.05) is 31.2 Å². The number of benzene rings is 1. The maximum Gasteiger partial charge on any atom is 0.257 e. The molecule has 0 bridgehead atoms. The van der Waals surface area contributed by atoms with E-state index < -0.39 is 0 Å². The minimum atomic E-state index is -0.162. The van der Waals surface area contributed by atoms with E-state index >= 15 is 0 Å². The van der Waals surface area contributed by atoms with Gasteiger partial charge in [0, 0.05) is 18.7 Å². The Bertz CT molecular complexity index is 655. The molecule has 1 aromatic carbocycles. The molecule has 1 saturated heterocycles. The number of nitrogens with one attached hydrogen (secondary N) is 1. The maximum absolute atomic E-state index is 12.5. The van der Waals surface area contributed by atoms with Crippen molar-refractivity contribution in [1.29, 1.82) is 0 Å². The smallest absolute Gasteiger partial charge is 0.257 e. The first-order valence-electron chi connectivity index (χ1n) is 7.58. The van der Waals surface area contributed by atoms with Crippen molar-refractivity contribution in [3.63, 3.8) is 0 Å². The molecule has 1 atom stereocenters. The second kappa shape index (κ2) is 6.32. The number of carbonyl (C=O) groups excluding carboxylic acids is 1. The van der Waals surface area contributed by atoms with Gasteiger partial charge in [0.1, 0.15) is 5.56 Å². The highest BCUT2D eigenvalue weighted by atomic mass is 16.5.